The third-order valence-corrected chi connectivity index (χ3v) is 4.87. The average Bonchev–Trinajstić information content (AvgIpc) is 3.05. The molecule has 0 unspecified atom stereocenters. The number of aromatic nitrogens is 1. The van der Waals surface area contributed by atoms with Crippen LogP contribution in [0, 0.1) is 0 Å². The Labute approximate surface area is 152 Å². The first kappa shape index (κ1) is 16.7. The summed E-state index contributed by atoms with van der Waals surface area (Å²) in [5.41, 5.74) is 4.60. The van der Waals surface area contributed by atoms with Gasteiger partial charge in [-0.2, -0.15) is 0 Å². The first-order valence-electron chi connectivity index (χ1n) is 8.93. The first-order valence-corrected chi connectivity index (χ1v) is 8.93. The molecule has 0 spiro atoms. The Morgan fingerprint density at radius 2 is 1.96 bits per heavy atom. The van der Waals surface area contributed by atoms with Gasteiger partial charge in [0.25, 0.3) is 0 Å². The monoisotopic (exact) mass is 350 g/mol. The van der Waals surface area contributed by atoms with Gasteiger partial charge in [0, 0.05) is 23.1 Å². The van der Waals surface area contributed by atoms with Gasteiger partial charge in [0.2, 0.25) is 5.91 Å². The molecule has 26 heavy (non-hydrogen) atoms. The van der Waals surface area contributed by atoms with Crippen molar-refractivity contribution in [2.24, 2.45) is 0 Å². The maximum Gasteiger partial charge on any atom is 0.227 e. The number of nitrogens with one attached hydrogen (secondary N) is 1. The largest absolute Gasteiger partial charge is 0.491 e. The molecule has 0 atom stereocenters. The second kappa shape index (κ2) is 7.22. The number of amides is 1. The number of rotatable bonds is 5. The van der Waals surface area contributed by atoms with Gasteiger partial charge in [0.15, 0.2) is 0 Å². The van der Waals surface area contributed by atoms with Crippen LogP contribution in [0.3, 0.4) is 0 Å². The van der Waals surface area contributed by atoms with Gasteiger partial charge < -0.3 is 19.7 Å². The number of carbonyl (C=O) groups excluding carboxylic acids is 1. The summed E-state index contributed by atoms with van der Waals surface area (Å²) in [6, 6.07) is 15.8. The highest BCUT2D eigenvalue weighted by molar-refractivity contribution is 5.86. The number of hydrogen-bond acceptors (Lipinski definition) is 3. The van der Waals surface area contributed by atoms with Crippen molar-refractivity contribution in [1.82, 2.24) is 9.88 Å². The van der Waals surface area contributed by atoms with Crippen molar-refractivity contribution in [1.29, 1.82) is 0 Å². The molecule has 0 bridgehead atoms. The normalized spacial score (nSPS) is 13.7. The molecule has 134 valence electrons. The molecule has 2 aromatic carbocycles. The molecule has 0 saturated heterocycles. The van der Waals surface area contributed by atoms with E-state index < -0.39 is 0 Å². The topological polar surface area (TPSA) is 65.6 Å². The van der Waals surface area contributed by atoms with E-state index in [9.17, 15) is 4.79 Å². The molecular weight excluding hydrogens is 328 g/mol. The van der Waals surface area contributed by atoms with Crippen LogP contribution in [0.1, 0.15) is 16.8 Å². The van der Waals surface area contributed by atoms with E-state index in [-0.39, 0.29) is 19.1 Å². The molecule has 0 aliphatic carbocycles. The van der Waals surface area contributed by atoms with Gasteiger partial charge in [-0.05, 0) is 35.7 Å². The van der Waals surface area contributed by atoms with Gasteiger partial charge in [-0.25, -0.2) is 0 Å². The molecule has 5 nitrogen and oxygen atoms in total. The summed E-state index contributed by atoms with van der Waals surface area (Å²) in [5.74, 6) is 0.842. The molecule has 0 saturated carbocycles. The zero-order valence-corrected chi connectivity index (χ0v) is 14.6. The fourth-order valence-electron chi connectivity index (χ4n) is 3.56. The highest BCUT2D eigenvalue weighted by Crippen LogP contribution is 2.27. The van der Waals surface area contributed by atoms with Crippen molar-refractivity contribution >= 4 is 16.8 Å². The van der Waals surface area contributed by atoms with Gasteiger partial charge in [-0.3, -0.25) is 4.79 Å². The fraction of sp³-hybridized carbons (Fsp3) is 0.286. The SMILES string of the molecule is O=C(Cc1ccc(OCCO)cc1)N1CCc2c([nH]c3ccccc23)C1. The number of aromatic amines is 1. The molecule has 2 heterocycles. The number of nitrogens with zero attached hydrogens (tertiary/aromatic N) is 1. The Hall–Kier alpha value is -2.79. The third kappa shape index (κ3) is 3.30. The number of carbonyl (C=O) groups is 1. The Bertz CT molecular complexity index is 915. The van der Waals surface area contributed by atoms with E-state index >= 15 is 0 Å². The summed E-state index contributed by atoms with van der Waals surface area (Å²) in [5, 5.41) is 10.1. The lowest BCUT2D eigenvalue weighted by Gasteiger charge is -2.27. The van der Waals surface area contributed by atoms with Crippen LogP contribution < -0.4 is 4.74 Å². The molecule has 0 radical (unpaired) electrons. The van der Waals surface area contributed by atoms with Gasteiger partial charge in [-0.15, -0.1) is 0 Å². The van der Waals surface area contributed by atoms with Crippen molar-refractivity contribution < 1.29 is 14.6 Å². The summed E-state index contributed by atoms with van der Waals surface area (Å²) in [7, 11) is 0. The minimum atomic E-state index is -0.00899. The van der Waals surface area contributed by atoms with Crippen molar-refractivity contribution in [3.8, 4) is 5.75 Å². The molecule has 0 fully saturated rings. The Kier molecular flexibility index (Phi) is 4.63. The number of aliphatic hydroxyl groups is 1. The smallest absolute Gasteiger partial charge is 0.227 e. The van der Waals surface area contributed by atoms with Crippen LogP contribution >= 0.6 is 0 Å². The molecule has 1 aliphatic heterocycles. The molecule has 1 aliphatic rings. The van der Waals surface area contributed by atoms with E-state index in [1.165, 1.54) is 10.9 Å². The molecule has 2 N–H and O–H groups in total. The van der Waals surface area contributed by atoms with E-state index in [0.717, 1.165) is 29.7 Å². The number of aliphatic hydroxyl groups excluding tert-OH is 1. The molecule has 5 heteroatoms. The minimum Gasteiger partial charge on any atom is -0.491 e. The number of benzene rings is 2. The summed E-state index contributed by atoms with van der Waals surface area (Å²) < 4.78 is 5.35. The lowest BCUT2D eigenvalue weighted by atomic mass is 10.0. The van der Waals surface area contributed by atoms with E-state index in [1.807, 2.05) is 35.2 Å². The maximum absolute atomic E-state index is 12.7. The number of fused-ring (bicyclic) bond motifs is 3. The van der Waals surface area contributed by atoms with Gasteiger partial charge in [-0.1, -0.05) is 30.3 Å². The van der Waals surface area contributed by atoms with Crippen molar-refractivity contribution in [3.63, 3.8) is 0 Å². The van der Waals surface area contributed by atoms with Crippen molar-refractivity contribution in [3.05, 3.63) is 65.4 Å². The van der Waals surface area contributed by atoms with E-state index in [4.69, 9.17) is 9.84 Å². The van der Waals surface area contributed by atoms with Crippen molar-refractivity contribution in [2.45, 2.75) is 19.4 Å². The number of hydrogen-bond donors (Lipinski definition) is 2. The molecular formula is C21H22N2O3. The third-order valence-electron chi connectivity index (χ3n) is 4.87. The zero-order chi connectivity index (χ0) is 17.9. The van der Waals surface area contributed by atoms with Crippen LogP contribution in [-0.4, -0.2) is 40.7 Å². The zero-order valence-electron chi connectivity index (χ0n) is 14.6. The Balaban J connectivity index is 1.43. The Morgan fingerprint density at radius 1 is 1.15 bits per heavy atom. The highest BCUT2D eigenvalue weighted by Gasteiger charge is 2.23. The van der Waals surface area contributed by atoms with Gasteiger partial charge in [0.1, 0.15) is 12.4 Å². The van der Waals surface area contributed by atoms with E-state index in [0.29, 0.717) is 18.7 Å². The number of H-pyrrole nitrogens is 1. The molecule has 3 aromatic rings. The predicted molar refractivity (Wildman–Crippen MR) is 100 cm³/mol. The molecule has 1 aromatic heterocycles. The van der Waals surface area contributed by atoms with Crippen LogP contribution in [0.25, 0.3) is 10.9 Å². The summed E-state index contributed by atoms with van der Waals surface area (Å²) >= 11 is 0. The standard InChI is InChI=1S/C21H22N2O3/c24-11-12-26-16-7-5-15(6-8-16)13-21(25)23-10-9-18-17-3-1-2-4-19(17)22-20(18)14-23/h1-8,22,24H,9-14H2. The summed E-state index contributed by atoms with van der Waals surface area (Å²) in [6.07, 6.45) is 1.27. The number of para-hydroxylation sites is 1. The molecule has 1 amide bonds. The molecule has 4 rings (SSSR count). The Morgan fingerprint density at radius 3 is 2.77 bits per heavy atom. The van der Waals surface area contributed by atoms with Gasteiger partial charge in [0.05, 0.1) is 19.6 Å². The summed E-state index contributed by atoms with van der Waals surface area (Å²) in [4.78, 5) is 18.1. The fourth-order valence-corrected chi connectivity index (χ4v) is 3.56. The van der Waals surface area contributed by atoms with E-state index in [1.54, 1.807) is 0 Å². The predicted octanol–water partition coefficient (Wildman–Crippen LogP) is 2.67. The van der Waals surface area contributed by atoms with E-state index in [2.05, 4.69) is 23.2 Å². The summed E-state index contributed by atoms with van der Waals surface area (Å²) in [6.45, 7) is 1.66. The quantitative estimate of drug-likeness (QED) is 0.743. The first-order chi connectivity index (χ1) is 12.7. The van der Waals surface area contributed by atoms with Crippen molar-refractivity contribution in [2.75, 3.05) is 19.8 Å². The average molecular weight is 350 g/mol. The second-order valence-electron chi connectivity index (χ2n) is 6.59. The highest BCUT2D eigenvalue weighted by atomic mass is 16.5. The number of ether oxygens (including phenoxy) is 1. The lowest BCUT2D eigenvalue weighted by molar-refractivity contribution is -0.131. The second-order valence-corrected chi connectivity index (χ2v) is 6.59. The van der Waals surface area contributed by atoms with Crippen LogP contribution in [0.2, 0.25) is 0 Å². The van der Waals surface area contributed by atoms with Gasteiger partial charge >= 0.3 is 0 Å². The van der Waals surface area contributed by atoms with Crippen LogP contribution in [0.5, 0.6) is 5.75 Å². The van der Waals surface area contributed by atoms with Crippen LogP contribution in [0.15, 0.2) is 48.5 Å². The van der Waals surface area contributed by atoms with Crippen LogP contribution in [0.4, 0.5) is 0 Å². The lowest BCUT2D eigenvalue weighted by Crippen LogP contribution is -2.36. The maximum atomic E-state index is 12.7. The minimum absolute atomic E-state index is 0.00899. The van der Waals surface area contributed by atoms with Crippen LogP contribution in [-0.2, 0) is 24.2 Å².